The molecule has 38 heavy (non-hydrogen) atoms. The lowest BCUT2D eigenvalue weighted by Gasteiger charge is -2.31. The molecule has 2 aliphatic heterocycles. The predicted octanol–water partition coefficient (Wildman–Crippen LogP) is 4.07. The van der Waals surface area contributed by atoms with E-state index in [-0.39, 0.29) is 11.4 Å². The third-order valence-corrected chi connectivity index (χ3v) is 8.97. The molecule has 1 saturated carbocycles. The number of amides is 1. The molecule has 0 spiro atoms. The van der Waals surface area contributed by atoms with Crippen molar-refractivity contribution in [1.82, 2.24) is 25.2 Å². The van der Waals surface area contributed by atoms with Gasteiger partial charge in [-0.2, -0.15) is 9.97 Å². The minimum Gasteiger partial charge on any atom is -0.461 e. The molecule has 4 aliphatic rings. The molecule has 1 amide bonds. The summed E-state index contributed by atoms with van der Waals surface area (Å²) in [6, 6.07) is 11.1. The SMILES string of the molecule is C=CC(=O)NCCNc1nc(OCC23CCCN2CCC3)nc2nc(-c3cccc4c3C3CC3C4)ccc12. The van der Waals surface area contributed by atoms with E-state index in [1.165, 1.54) is 61.3 Å². The number of nitrogens with one attached hydrogen (secondary N) is 2. The van der Waals surface area contributed by atoms with Gasteiger partial charge >= 0.3 is 6.01 Å². The molecule has 2 saturated heterocycles. The van der Waals surface area contributed by atoms with Crippen LogP contribution in [0.5, 0.6) is 6.01 Å². The maximum atomic E-state index is 11.6. The van der Waals surface area contributed by atoms with Gasteiger partial charge in [-0.1, -0.05) is 24.8 Å². The highest BCUT2D eigenvalue weighted by Crippen LogP contribution is 2.58. The van der Waals surface area contributed by atoms with Gasteiger partial charge in [-0.25, -0.2) is 4.98 Å². The molecule has 2 N–H and O–H groups in total. The Balaban J connectivity index is 1.20. The molecule has 3 aromatic rings. The fourth-order valence-electron chi connectivity index (χ4n) is 7.00. The van der Waals surface area contributed by atoms with Crippen molar-refractivity contribution < 1.29 is 9.53 Å². The van der Waals surface area contributed by atoms with Crippen molar-refractivity contribution in [3.8, 4) is 17.3 Å². The molecule has 0 radical (unpaired) electrons. The number of carbonyl (C=O) groups is 1. The highest BCUT2D eigenvalue weighted by molar-refractivity contribution is 5.89. The van der Waals surface area contributed by atoms with Gasteiger partial charge in [-0.3, -0.25) is 9.69 Å². The molecule has 2 unspecified atom stereocenters. The zero-order chi connectivity index (χ0) is 25.7. The van der Waals surface area contributed by atoms with Crippen LogP contribution in [0.3, 0.4) is 0 Å². The Morgan fingerprint density at radius 2 is 2.00 bits per heavy atom. The van der Waals surface area contributed by atoms with Crippen LogP contribution in [-0.4, -0.2) is 64.1 Å². The number of hydrogen-bond donors (Lipinski definition) is 2. The van der Waals surface area contributed by atoms with Crippen molar-refractivity contribution in [3.05, 3.63) is 54.1 Å². The molecule has 4 heterocycles. The van der Waals surface area contributed by atoms with Crippen LogP contribution in [0.1, 0.15) is 49.1 Å². The lowest BCUT2D eigenvalue weighted by Crippen LogP contribution is -2.43. The fraction of sp³-hybridized carbons (Fsp3) is 0.467. The van der Waals surface area contributed by atoms with Crippen LogP contribution < -0.4 is 15.4 Å². The first-order valence-electron chi connectivity index (χ1n) is 14.0. The molecule has 8 heteroatoms. The van der Waals surface area contributed by atoms with E-state index in [2.05, 4.69) is 52.4 Å². The van der Waals surface area contributed by atoms with Crippen LogP contribution in [-0.2, 0) is 11.2 Å². The van der Waals surface area contributed by atoms with E-state index in [4.69, 9.17) is 19.7 Å². The highest BCUT2D eigenvalue weighted by Gasteiger charge is 2.46. The van der Waals surface area contributed by atoms with Gasteiger partial charge in [0.05, 0.1) is 16.6 Å². The van der Waals surface area contributed by atoms with Gasteiger partial charge < -0.3 is 15.4 Å². The number of nitrogens with zero attached hydrogens (tertiary/aromatic N) is 4. The second-order valence-electron chi connectivity index (χ2n) is 11.2. The Kier molecular flexibility index (Phi) is 5.80. The summed E-state index contributed by atoms with van der Waals surface area (Å²) in [6.45, 7) is 7.38. The summed E-state index contributed by atoms with van der Waals surface area (Å²) in [5.74, 6) is 1.98. The van der Waals surface area contributed by atoms with Crippen LogP contribution in [0, 0.1) is 5.92 Å². The van der Waals surface area contributed by atoms with Crippen LogP contribution in [0.25, 0.3) is 22.3 Å². The van der Waals surface area contributed by atoms with E-state index >= 15 is 0 Å². The zero-order valence-corrected chi connectivity index (χ0v) is 21.7. The molecule has 0 bridgehead atoms. The number of anilines is 1. The largest absolute Gasteiger partial charge is 0.461 e. The summed E-state index contributed by atoms with van der Waals surface area (Å²) in [5, 5.41) is 7.01. The maximum Gasteiger partial charge on any atom is 0.320 e. The first-order valence-corrected chi connectivity index (χ1v) is 14.0. The van der Waals surface area contributed by atoms with Crippen molar-refractivity contribution in [2.75, 3.05) is 38.1 Å². The van der Waals surface area contributed by atoms with E-state index in [0.717, 1.165) is 30.1 Å². The summed E-state index contributed by atoms with van der Waals surface area (Å²) in [7, 11) is 0. The normalized spacial score (nSPS) is 22.5. The minimum atomic E-state index is -0.195. The molecule has 8 nitrogen and oxygen atoms in total. The van der Waals surface area contributed by atoms with Gasteiger partial charge in [0.2, 0.25) is 5.91 Å². The molecular formula is C30H34N6O2. The summed E-state index contributed by atoms with van der Waals surface area (Å²) < 4.78 is 6.32. The number of hydrogen-bond acceptors (Lipinski definition) is 7. The number of ether oxygens (including phenoxy) is 1. The fourth-order valence-corrected chi connectivity index (χ4v) is 7.00. The van der Waals surface area contributed by atoms with Gasteiger partial charge in [0.25, 0.3) is 0 Å². The first-order chi connectivity index (χ1) is 18.6. The molecule has 2 aromatic heterocycles. The third kappa shape index (κ3) is 4.11. The summed E-state index contributed by atoms with van der Waals surface area (Å²) >= 11 is 0. The van der Waals surface area contributed by atoms with Crippen molar-refractivity contribution in [2.45, 2.75) is 50.0 Å². The van der Waals surface area contributed by atoms with E-state index < -0.39 is 0 Å². The van der Waals surface area contributed by atoms with Crippen molar-refractivity contribution >= 4 is 22.8 Å². The minimum absolute atomic E-state index is 0.113. The van der Waals surface area contributed by atoms with Crippen LogP contribution >= 0.6 is 0 Å². The van der Waals surface area contributed by atoms with E-state index in [1.807, 2.05) is 0 Å². The second-order valence-corrected chi connectivity index (χ2v) is 11.2. The highest BCUT2D eigenvalue weighted by atomic mass is 16.5. The first kappa shape index (κ1) is 23.6. The van der Waals surface area contributed by atoms with E-state index in [9.17, 15) is 4.79 Å². The van der Waals surface area contributed by atoms with Crippen molar-refractivity contribution in [3.63, 3.8) is 0 Å². The lowest BCUT2D eigenvalue weighted by molar-refractivity contribution is -0.116. The predicted molar refractivity (Wildman–Crippen MR) is 147 cm³/mol. The van der Waals surface area contributed by atoms with Crippen molar-refractivity contribution in [2.24, 2.45) is 5.92 Å². The Bertz CT molecular complexity index is 1410. The number of rotatable bonds is 9. The van der Waals surface area contributed by atoms with E-state index in [1.54, 1.807) is 0 Å². The van der Waals surface area contributed by atoms with Crippen LogP contribution in [0.4, 0.5) is 5.82 Å². The number of aromatic nitrogens is 3. The second kappa shape index (κ2) is 9.34. The third-order valence-electron chi connectivity index (χ3n) is 8.97. The molecule has 2 aliphatic carbocycles. The summed E-state index contributed by atoms with van der Waals surface area (Å²) in [4.78, 5) is 28.7. The summed E-state index contributed by atoms with van der Waals surface area (Å²) in [5.41, 5.74) is 5.86. The Morgan fingerprint density at radius 3 is 2.84 bits per heavy atom. The standard InChI is InChI=1S/C30H34N6O2/c1-2-25(37)31-12-13-32-27-22-8-9-24(21-7-3-6-19-16-20-17-23(20)26(19)21)33-28(22)35-29(34-27)38-18-30-10-4-14-36(30)15-5-11-30/h2-3,6-9,20,23H,1,4-5,10-18H2,(H,31,37)(H,32,33,34,35). The molecule has 1 aromatic carbocycles. The van der Waals surface area contributed by atoms with Gasteiger partial charge in [0, 0.05) is 18.7 Å². The molecule has 196 valence electrons. The number of carbonyl (C=O) groups excluding carboxylic acids is 1. The maximum absolute atomic E-state index is 11.6. The zero-order valence-electron chi connectivity index (χ0n) is 21.7. The Morgan fingerprint density at radius 1 is 1.13 bits per heavy atom. The Labute approximate surface area is 222 Å². The van der Waals surface area contributed by atoms with Gasteiger partial charge in [-0.15, -0.1) is 0 Å². The molecule has 3 fully saturated rings. The Hall–Kier alpha value is -3.52. The number of pyridine rings is 1. The average molecular weight is 511 g/mol. The van der Waals surface area contributed by atoms with Gasteiger partial charge in [-0.05, 0) is 92.8 Å². The number of benzene rings is 1. The van der Waals surface area contributed by atoms with E-state index in [0.29, 0.717) is 43.1 Å². The van der Waals surface area contributed by atoms with Gasteiger partial charge in [0.15, 0.2) is 5.65 Å². The molecular weight excluding hydrogens is 476 g/mol. The van der Waals surface area contributed by atoms with Gasteiger partial charge in [0.1, 0.15) is 12.4 Å². The smallest absolute Gasteiger partial charge is 0.320 e. The van der Waals surface area contributed by atoms with Crippen LogP contribution in [0.2, 0.25) is 0 Å². The molecule has 2 atom stereocenters. The lowest BCUT2D eigenvalue weighted by atomic mass is 9.95. The van der Waals surface area contributed by atoms with Crippen molar-refractivity contribution in [1.29, 1.82) is 0 Å². The number of fused-ring (bicyclic) bond motifs is 5. The quantitative estimate of drug-likeness (QED) is 0.331. The monoisotopic (exact) mass is 510 g/mol. The van der Waals surface area contributed by atoms with Crippen LogP contribution in [0.15, 0.2) is 43.0 Å². The topological polar surface area (TPSA) is 92.3 Å². The summed E-state index contributed by atoms with van der Waals surface area (Å²) in [6.07, 6.45) is 8.54. The molecule has 7 rings (SSSR count). The average Bonchev–Trinajstić information content (AvgIpc) is 3.23.